The van der Waals surface area contributed by atoms with Crippen molar-refractivity contribution in [3.63, 3.8) is 0 Å². The minimum Gasteiger partial charge on any atom is -0.497 e. The highest BCUT2D eigenvalue weighted by Crippen LogP contribution is 2.22. The molecule has 0 bridgehead atoms. The Kier molecular flexibility index (Phi) is 3.10. The summed E-state index contributed by atoms with van der Waals surface area (Å²) in [7, 11) is 1.65. The van der Waals surface area contributed by atoms with Gasteiger partial charge in [-0.05, 0) is 38.2 Å². The molecule has 0 saturated carbocycles. The summed E-state index contributed by atoms with van der Waals surface area (Å²) in [5.74, 6) is 2.28. The maximum absolute atomic E-state index is 5.62. The molecular formula is C14H15N3O2S. The quantitative estimate of drug-likeness (QED) is 0.751. The number of hydrogen-bond acceptors (Lipinski definition) is 4. The molecule has 0 radical (unpaired) electrons. The minimum absolute atomic E-state index is 0.501. The van der Waals surface area contributed by atoms with Gasteiger partial charge in [-0.15, -0.1) is 0 Å². The fraction of sp³-hybridized carbons (Fsp3) is 0.286. The summed E-state index contributed by atoms with van der Waals surface area (Å²) in [6.45, 7) is 4.34. The van der Waals surface area contributed by atoms with E-state index in [0.29, 0.717) is 17.2 Å². The van der Waals surface area contributed by atoms with Gasteiger partial charge in [0.1, 0.15) is 18.1 Å². The molecule has 2 aromatic heterocycles. The maximum atomic E-state index is 5.62. The first-order valence-electron chi connectivity index (χ1n) is 6.28. The molecule has 0 aliphatic carbocycles. The van der Waals surface area contributed by atoms with Gasteiger partial charge in [0.05, 0.1) is 23.8 Å². The van der Waals surface area contributed by atoms with Crippen LogP contribution in [0.15, 0.2) is 22.6 Å². The first-order chi connectivity index (χ1) is 9.58. The van der Waals surface area contributed by atoms with Crippen molar-refractivity contribution in [3.8, 4) is 5.75 Å². The van der Waals surface area contributed by atoms with Gasteiger partial charge in [-0.25, -0.2) is 4.98 Å². The van der Waals surface area contributed by atoms with Crippen molar-refractivity contribution in [2.45, 2.75) is 20.4 Å². The Balaban J connectivity index is 2.10. The van der Waals surface area contributed by atoms with Crippen molar-refractivity contribution in [1.29, 1.82) is 0 Å². The standard InChI is InChI=1S/C14H15N3O2S/c1-8-9(2)19-13(15-8)7-17-12-6-10(18-3)4-5-11(12)16-14(17)20/h4-6H,7H2,1-3H3,(H,16,20). The molecule has 0 fully saturated rings. The smallest absolute Gasteiger partial charge is 0.214 e. The lowest BCUT2D eigenvalue weighted by atomic mass is 10.3. The second-order valence-corrected chi connectivity index (χ2v) is 5.04. The molecular weight excluding hydrogens is 274 g/mol. The van der Waals surface area contributed by atoms with Crippen LogP contribution in [0.5, 0.6) is 5.75 Å². The van der Waals surface area contributed by atoms with Crippen LogP contribution in [-0.4, -0.2) is 21.6 Å². The summed E-state index contributed by atoms with van der Waals surface area (Å²) < 4.78 is 13.5. The van der Waals surface area contributed by atoms with Gasteiger partial charge in [-0.2, -0.15) is 0 Å². The van der Waals surface area contributed by atoms with Crippen molar-refractivity contribution >= 4 is 23.3 Å². The van der Waals surface area contributed by atoms with Gasteiger partial charge in [0.2, 0.25) is 5.89 Å². The molecule has 1 aromatic carbocycles. The van der Waals surface area contributed by atoms with Gasteiger partial charge in [0.25, 0.3) is 0 Å². The third-order valence-electron chi connectivity index (χ3n) is 3.35. The average molecular weight is 289 g/mol. The SMILES string of the molecule is COc1ccc2[nH]c(=S)n(Cc3nc(C)c(C)o3)c2c1. The van der Waals surface area contributed by atoms with Crippen LogP contribution in [0.4, 0.5) is 0 Å². The number of ether oxygens (including phenoxy) is 1. The highest BCUT2D eigenvalue weighted by atomic mass is 32.1. The maximum Gasteiger partial charge on any atom is 0.214 e. The zero-order valence-corrected chi connectivity index (χ0v) is 12.4. The first-order valence-corrected chi connectivity index (χ1v) is 6.69. The van der Waals surface area contributed by atoms with E-state index < -0.39 is 0 Å². The summed E-state index contributed by atoms with van der Waals surface area (Å²) in [6.07, 6.45) is 0. The highest BCUT2D eigenvalue weighted by molar-refractivity contribution is 7.71. The molecule has 104 valence electrons. The summed E-state index contributed by atoms with van der Waals surface area (Å²) in [5, 5.41) is 0. The molecule has 3 aromatic rings. The summed E-state index contributed by atoms with van der Waals surface area (Å²) in [5.41, 5.74) is 2.85. The number of rotatable bonds is 3. The second-order valence-electron chi connectivity index (χ2n) is 4.65. The van der Waals surface area contributed by atoms with Crippen molar-refractivity contribution in [3.05, 3.63) is 40.3 Å². The van der Waals surface area contributed by atoms with Gasteiger partial charge in [0.15, 0.2) is 4.77 Å². The van der Waals surface area contributed by atoms with E-state index in [1.54, 1.807) is 7.11 Å². The number of aromatic nitrogens is 3. The number of aryl methyl sites for hydroxylation is 2. The van der Waals surface area contributed by atoms with E-state index in [1.165, 1.54) is 0 Å². The lowest BCUT2D eigenvalue weighted by molar-refractivity contribution is 0.415. The van der Waals surface area contributed by atoms with E-state index in [4.69, 9.17) is 21.4 Å². The topological polar surface area (TPSA) is 56.0 Å². The van der Waals surface area contributed by atoms with E-state index >= 15 is 0 Å². The molecule has 0 spiro atoms. The first kappa shape index (κ1) is 12.9. The Hall–Kier alpha value is -2.08. The number of oxazole rings is 1. The molecule has 0 atom stereocenters. The molecule has 2 heterocycles. The molecule has 0 saturated heterocycles. The van der Waals surface area contributed by atoms with Crippen molar-refractivity contribution < 1.29 is 9.15 Å². The number of fused-ring (bicyclic) bond motifs is 1. The largest absolute Gasteiger partial charge is 0.497 e. The second kappa shape index (κ2) is 4.79. The number of hydrogen-bond donors (Lipinski definition) is 1. The van der Waals surface area contributed by atoms with Gasteiger partial charge in [0, 0.05) is 6.07 Å². The molecule has 20 heavy (non-hydrogen) atoms. The van der Waals surface area contributed by atoms with Gasteiger partial charge in [-0.3, -0.25) is 0 Å². The lowest BCUT2D eigenvalue weighted by Crippen LogP contribution is -2.00. The molecule has 5 nitrogen and oxygen atoms in total. The normalized spacial score (nSPS) is 11.2. The van der Waals surface area contributed by atoms with Crippen LogP contribution in [0.1, 0.15) is 17.3 Å². The minimum atomic E-state index is 0.501. The van der Waals surface area contributed by atoms with Crippen LogP contribution in [0, 0.1) is 18.6 Å². The van der Waals surface area contributed by atoms with Gasteiger partial charge < -0.3 is 18.7 Å². The molecule has 0 amide bonds. The van der Waals surface area contributed by atoms with E-state index in [0.717, 1.165) is 28.2 Å². The van der Waals surface area contributed by atoms with Crippen LogP contribution in [-0.2, 0) is 6.54 Å². The fourth-order valence-corrected chi connectivity index (χ4v) is 2.43. The number of nitrogens with one attached hydrogen (secondary N) is 1. The Morgan fingerprint density at radius 2 is 2.20 bits per heavy atom. The van der Waals surface area contributed by atoms with Crippen LogP contribution < -0.4 is 4.74 Å². The number of imidazole rings is 1. The summed E-state index contributed by atoms with van der Waals surface area (Å²) >= 11 is 5.37. The predicted octanol–water partition coefficient (Wildman–Crippen LogP) is 3.36. The third-order valence-corrected chi connectivity index (χ3v) is 3.67. The van der Waals surface area contributed by atoms with E-state index in [9.17, 15) is 0 Å². The molecule has 3 rings (SSSR count). The Morgan fingerprint density at radius 1 is 1.40 bits per heavy atom. The van der Waals surface area contributed by atoms with Crippen LogP contribution in [0.25, 0.3) is 11.0 Å². The number of methoxy groups -OCH3 is 1. The van der Waals surface area contributed by atoms with Crippen LogP contribution >= 0.6 is 12.2 Å². The lowest BCUT2D eigenvalue weighted by Gasteiger charge is -2.03. The van der Waals surface area contributed by atoms with E-state index in [1.807, 2.05) is 36.6 Å². The van der Waals surface area contributed by atoms with Crippen molar-refractivity contribution in [2.75, 3.05) is 7.11 Å². The molecule has 6 heteroatoms. The predicted molar refractivity (Wildman–Crippen MR) is 78.8 cm³/mol. The Morgan fingerprint density at radius 3 is 2.85 bits per heavy atom. The summed E-state index contributed by atoms with van der Waals surface area (Å²) in [4.78, 5) is 7.57. The van der Waals surface area contributed by atoms with E-state index in [2.05, 4.69) is 9.97 Å². The zero-order valence-electron chi connectivity index (χ0n) is 11.6. The highest BCUT2D eigenvalue weighted by Gasteiger charge is 2.11. The Bertz CT molecular complexity index is 809. The molecule has 0 unspecified atom stereocenters. The molecule has 1 N–H and O–H groups in total. The third kappa shape index (κ3) is 2.12. The van der Waals surface area contributed by atoms with Gasteiger partial charge >= 0.3 is 0 Å². The van der Waals surface area contributed by atoms with Crippen molar-refractivity contribution in [1.82, 2.24) is 14.5 Å². The van der Waals surface area contributed by atoms with Gasteiger partial charge in [-0.1, -0.05) is 0 Å². The molecule has 0 aliphatic heterocycles. The van der Waals surface area contributed by atoms with Crippen molar-refractivity contribution in [2.24, 2.45) is 0 Å². The number of H-pyrrole nitrogens is 1. The summed E-state index contributed by atoms with van der Waals surface area (Å²) in [6, 6.07) is 5.80. The number of aromatic amines is 1. The Labute approximate surface area is 121 Å². The molecule has 0 aliphatic rings. The average Bonchev–Trinajstić information content (AvgIpc) is 2.90. The fourth-order valence-electron chi connectivity index (χ4n) is 2.16. The monoisotopic (exact) mass is 289 g/mol. The number of nitrogens with zero attached hydrogens (tertiary/aromatic N) is 2. The number of benzene rings is 1. The van der Waals surface area contributed by atoms with Crippen LogP contribution in [0.3, 0.4) is 0 Å². The van der Waals surface area contributed by atoms with Crippen LogP contribution in [0.2, 0.25) is 0 Å². The van der Waals surface area contributed by atoms with E-state index in [-0.39, 0.29) is 0 Å². The zero-order chi connectivity index (χ0) is 14.3.